The van der Waals surface area contributed by atoms with Gasteiger partial charge in [0.1, 0.15) is 0 Å². The van der Waals surface area contributed by atoms with Crippen molar-refractivity contribution in [3.05, 3.63) is 30.1 Å². The van der Waals surface area contributed by atoms with E-state index in [-0.39, 0.29) is 12.4 Å². The summed E-state index contributed by atoms with van der Waals surface area (Å²) in [6.07, 6.45) is 12.9. The van der Waals surface area contributed by atoms with Crippen LogP contribution in [-0.4, -0.2) is 11.0 Å². The SMILES string of the molecule is CC(NCc1cccnc1)C12CC3CC(CC(C3)C1)C2.Cl. The molecule has 4 fully saturated rings. The van der Waals surface area contributed by atoms with Gasteiger partial charge in [0.25, 0.3) is 0 Å². The van der Waals surface area contributed by atoms with Gasteiger partial charge in [-0.15, -0.1) is 12.4 Å². The zero-order chi connectivity index (χ0) is 13.6. The van der Waals surface area contributed by atoms with Gasteiger partial charge in [-0.1, -0.05) is 6.07 Å². The third-order valence-corrected chi connectivity index (χ3v) is 6.34. The zero-order valence-corrected chi connectivity index (χ0v) is 13.7. The molecule has 4 aliphatic carbocycles. The van der Waals surface area contributed by atoms with Gasteiger partial charge in [-0.2, -0.15) is 0 Å². The van der Waals surface area contributed by atoms with Crippen LogP contribution in [0.25, 0.3) is 0 Å². The summed E-state index contributed by atoms with van der Waals surface area (Å²) in [7, 11) is 0. The Morgan fingerprint density at radius 2 is 1.81 bits per heavy atom. The lowest BCUT2D eigenvalue weighted by Crippen LogP contribution is -2.54. The van der Waals surface area contributed by atoms with Crippen LogP contribution in [0.15, 0.2) is 24.5 Å². The highest BCUT2D eigenvalue weighted by Crippen LogP contribution is 2.61. The molecule has 4 bridgehead atoms. The molecule has 0 amide bonds. The fourth-order valence-electron chi connectivity index (χ4n) is 5.70. The van der Waals surface area contributed by atoms with E-state index in [0.717, 1.165) is 24.3 Å². The standard InChI is InChI=1S/C18H26N2.ClH/c1-13(20-12-14-3-2-4-19-11-14)18-8-15-5-16(9-18)7-17(6-15)10-18;/h2-4,11,13,15-17,20H,5-10,12H2,1H3;1H. The van der Waals surface area contributed by atoms with Crippen LogP contribution >= 0.6 is 12.4 Å². The Morgan fingerprint density at radius 1 is 1.19 bits per heavy atom. The second kappa shape index (κ2) is 5.89. The van der Waals surface area contributed by atoms with Crippen LogP contribution < -0.4 is 5.32 Å². The number of halogens is 1. The summed E-state index contributed by atoms with van der Waals surface area (Å²) in [5.74, 6) is 3.14. The van der Waals surface area contributed by atoms with E-state index in [2.05, 4.69) is 23.3 Å². The van der Waals surface area contributed by atoms with Crippen LogP contribution in [0.1, 0.15) is 51.0 Å². The highest BCUT2D eigenvalue weighted by Gasteiger charge is 2.52. The van der Waals surface area contributed by atoms with Gasteiger partial charge in [0.2, 0.25) is 0 Å². The van der Waals surface area contributed by atoms with Crippen molar-refractivity contribution in [1.29, 1.82) is 0 Å². The lowest BCUT2D eigenvalue weighted by Gasteiger charge is -2.59. The molecular formula is C18H27ClN2. The third-order valence-electron chi connectivity index (χ3n) is 6.34. The number of nitrogens with zero attached hydrogens (tertiary/aromatic N) is 1. The first-order valence-corrected chi connectivity index (χ1v) is 8.36. The van der Waals surface area contributed by atoms with Crippen molar-refractivity contribution in [2.75, 3.05) is 0 Å². The minimum absolute atomic E-state index is 0. The molecule has 4 aliphatic rings. The molecule has 4 saturated carbocycles. The summed E-state index contributed by atoms with van der Waals surface area (Å²) in [6.45, 7) is 3.40. The molecule has 1 unspecified atom stereocenters. The van der Waals surface area contributed by atoms with E-state index in [9.17, 15) is 0 Å². The van der Waals surface area contributed by atoms with Crippen molar-refractivity contribution in [2.45, 2.75) is 58.0 Å². The lowest BCUT2D eigenvalue weighted by atomic mass is 9.48. The summed E-state index contributed by atoms with van der Waals surface area (Å²) in [6, 6.07) is 4.86. The Bertz CT molecular complexity index is 438. The molecule has 1 heterocycles. The monoisotopic (exact) mass is 306 g/mol. The minimum atomic E-state index is 0. The Kier molecular flexibility index (Phi) is 4.29. The molecule has 116 valence electrons. The van der Waals surface area contributed by atoms with Crippen LogP contribution in [-0.2, 0) is 6.54 Å². The summed E-state index contributed by atoms with van der Waals surface area (Å²) < 4.78 is 0. The number of aromatic nitrogens is 1. The first kappa shape index (κ1) is 15.3. The Labute approximate surface area is 134 Å². The molecule has 1 N–H and O–H groups in total. The van der Waals surface area contributed by atoms with Gasteiger partial charge in [0, 0.05) is 25.0 Å². The van der Waals surface area contributed by atoms with Gasteiger partial charge in [0.05, 0.1) is 0 Å². The van der Waals surface area contributed by atoms with Crippen LogP contribution in [0, 0.1) is 23.2 Å². The molecule has 0 radical (unpaired) electrons. The van der Waals surface area contributed by atoms with Gasteiger partial charge in [-0.05, 0) is 80.2 Å². The maximum Gasteiger partial charge on any atom is 0.0312 e. The predicted octanol–water partition coefficient (Wildman–Crippen LogP) is 4.20. The van der Waals surface area contributed by atoms with Crippen molar-refractivity contribution >= 4 is 12.4 Å². The molecule has 0 aliphatic heterocycles. The van der Waals surface area contributed by atoms with Crippen LogP contribution in [0.5, 0.6) is 0 Å². The van der Waals surface area contributed by atoms with Gasteiger partial charge in [-0.3, -0.25) is 4.98 Å². The molecule has 0 spiro atoms. The maximum absolute atomic E-state index is 4.21. The van der Waals surface area contributed by atoms with E-state index < -0.39 is 0 Å². The predicted molar refractivity (Wildman–Crippen MR) is 88.4 cm³/mol. The van der Waals surface area contributed by atoms with Gasteiger partial charge >= 0.3 is 0 Å². The van der Waals surface area contributed by atoms with Gasteiger partial charge in [-0.25, -0.2) is 0 Å². The second-order valence-electron chi connectivity index (χ2n) is 7.74. The molecule has 0 saturated heterocycles. The highest BCUT2D eigenvalue weighted by atomic mass is 35.5. The van der Waals surface area contributed by atoms with E-state index in [0.29, 0.717) is 11.5 Å². The molecule has 1 aromatic rings. The first-order valence-electron chi connectivity index (χ1n) is 8.36. The average Bonchev–Trinajstić information content (AvgIpc) is 2.44. The van der Waals surface area contributed by atoms with Crippen molar-refractivity contribution in [3.8, 4) is 0 Å². The van der Waals surface area contributed by atoms with Crippen LogP contribution in [0.3, 0.4) is 0 Å². The summed E-state index contributed by atoms with van der Waals surface area (Å²) in [4.78, 5) is 4.21. The Morgan fingerprint density at radius 3 is 2.33 bits per heavy atom. The normalized spacial score (nSPS) is 38.0. The number of hydrogen-bond acceptors (Lipinski definition) is 2. The Hall–Kier alpha value is -0.600. The van der Waals surface area contributed by atoms with E-state index in [1.54, 1.807) is 0 Å². The average molecular weight is 307 g/mol. The van der Waals surface area contributed by atoms with Crippen molar-refractivity contribution in [2.24, 2.45) is 23.2 Å². The van der Waals surface area contributed by atoms with Crippen LogP contribution in [0.2, 0.25) is 0 Å². The fraction of sp³-hybridized carbons (Fsp3) is 0.722. The molecule has 2 nitrogen and oxygen atoms in total. The van der Waals surface area contributed by atoms with E-state index in [4.69, 9.17) is 0 Å². The van der Waals surface area contributed by atoms with Crippen molar-refractivity contribution in [1.82, 2.24) is 10.3 Å². The highest BCUT2D eigenvalue weighted by molar-refractivity contribution is 5.85. The lowest BCUT2D eigenvalue weighted by molar-refractivity contribution is -0.0706. The summed E-state index contributed by atoms with van der Waals surface area (Å²) in [5, 5.41) is 3.82. The second-order valence-corrected chi connectivity index (χ2v) is 7.74. The quantitative estimate of drug-likeness (QED) is 0.902. The Balaban J connectivity index is 0.00000132. The number of hydrogen-bond donors (Lipinski definition) is 1. The van der Waals surface area contributed by atoms with Gasteiger partial charge in [0.15, 0.2) is 0 Å². The first-order chi connectivity index (χ1) is 9.73. The summed E-state index contributed by atoms with van der Waals surface area (Å²) in [5.41, 5.74) is 1.92. The zero-order valence-electron chi connectivity index (χ0n) is 12.9. The molecule has 0 aromatic carbocycles. The molecule has 1 aromatic heterocycles. The maximum atomic E-state index is 4.21. The van der Waals surface area contributed by atoms with Crippen LogP contribution in [0.4, 0.5) is 0 Å². The van der Waals surface area contributed by atoms with E-state index in [1.807, 2.05) is 18.5 Å². The molecule has 1 atom stereocenters. The smallest absolute Gasteiger partial charge is 0.0312 e. The van der Waals surface area contributed by atoms with Gasteiger partial charge < -0.3 is 5.32 Å². The molecule has 21 heavy (non-hydrogen) atoms. The third kappa shape index (κ3) is 2.85. The molecular weight excluding hydrogens is 280 g/mol. The van der Waals surface area contributed by atoms with E-state index in [1.165, 1.54) is 44.1 Å². The number of nitrogens with one attached hydrogen (secondary N) is 1. The topological polar surface area (TPSA) is 24.9 Å². The molecule has 3 heteroatoms. The van der Waals surface area contributed by atoms with Crippen molar-refractivity contribution in [3.63, 3.8) is 0 Å². The summed E-state index contributed by atoms with van der Waals surface area (Å²) >= 11 is 0. The minimum Gasteiger partial charge on any atom is -0.310 e. The fourth-order valence-corrected chi connectivity index (χ4v) is 5.70. The largest absolute Gasteiger partial charge is 0.310 e. The van der Waals surface area contributed by atoms with Crippen molar-refractivity contribution < 1.29 is 0 Å². The van der Waals surface area contributed by atoms with E-state index >= 15 is 0 Å². The number of rotatable bonds is 4. The molecule has 5 rings (SSSR count). The number of pyridine rings is 1.